The van der Waals surface area contributed by atoms with Crippen molar-refractivity contribution in [1.82, 2.24) is 5.32 Å². The van der Waals surface area contributed by atoms with Gasteiger partial charge in [-0.2, -0.15) is 0 Å². The normalized spacial score (nSPS) is 13.7. The average molecular weight is 854 g/mol. The number of hydrogen-bond donors (Lipinski definition) is 3. The molecule has 6 heteroatoms. The molecule has 0 spiro atoms. The molecular weight excluding hydrogens is 755 g/mol. The van der Waals surface area contributed by atoms with Gasteiger partial charge >= 0.3 is 5.97 Å². The van der Waals surface area contributed by atoms with Gasteiger partial charge in [0.05, 0.1) is 25.2 Å². The monoisotopic (exact) mass is 854 g/mol. The van der Waals surface area contributed by atoms with Crippen LogP contribution in [0.3, 0.4) is 0 Å². The van der Waals surface area contributed by atoms with Gasteiger partial charge in [-0.1, -0.05) is 229 Å². The molecule has 0 saturated carbocycles. The fourth-order valence-corrected chi connectivity index (χ4v) is 7.68. The number of esters is 1. The number of hydrogen-bond acceptors (Lipinski definition) is 5. The zero-order valence-corrected chi connectivity index (χ0v) is 40.3. The Bertz CT molecular complexity index is 1090. The maximum absolute atomic E-state index is 13.2. The topological polar surface area (TPSA) is 95.9 Å². The second kappa shape index (κ2) is 48.6. The van der Waals surface area contributed by atoms with Crippen LogP contribution in [0, 0.1) is 0 Å². The fourth-order valence-electron chi connectivity index (χ4n) is 7.68. The van der Waals surface area contributed by atoms with Gasteiger partial charge in [-0.05, 0) is 70.6 Å². The van der Waals surface area contributed by atoms with Crippen LogP contribution in [-0.4, -0.2) is 46.9 Å². The van der Waals surface area contributed by atoms with E-state index in [0.717, 1.165) is 83.5 Å². The number of nitrogens with one attached hydrogen (secondary N) is 1. The summed E-state index contributed by atoms with van der Waals surface area (Å²) in [6.07, 6.45) is 59.9. The van der Waals surface area contributed by atoms with Crippen LogP contribution in [0.4, 0.5) is 0 Å². The summed E-state index contributed by atoms with van der Waals surface area (Å²) < 4.78 is 5.91. The zero-order valence-electron chi connectivity index (χ0n) is 40.3. The molecule has 3 unspecified atom stereocenters. The quantitative estimate of drug-likeness (QED) is 0.0245. The van der Waals surface area contributed by atoms with Gasteiger partial charge in [0.1, 0.15) is 6.10 Å². The van der Waals surface area contributed by atoms with E-state index in [1.807, 2.05) is 0 Å². The fraction of sp³-hybridized carbons (Fsp3) is 0.782. The predicted molar refractivity (Wildman–Crippen MR) is 264 cm³/mol. The number of ether oxygens (including phenoxy) is 1. The molecular formula is C55H99NO5. The molecule has 0 radical (unpaired) electrons. The molecule has 0 heterocycles. The minimum atomic E-state index is -0.799. The van der Waals surface area contributed by atoms with Crippen molar-refractivity contribution in [2.24, 2.45) is 0 Å². The molecule has 0 saturated heterocycles. The summed E-state index contributed by atoms with van der Waals surface area (Å²) in [5, 5.41) is 23.7. The van der Waals surface area contributed by atoms with Crippen molar-refractivity contribution in [2.75, 3.05) is 6.61 Å². The maximum Gasteiger partial charge on any atom is 0.306 e. The molecule has 0 aromatic rings. The number of aliphatic hydroxyl groups is 2. The molecule has 354 valence electrons. The van der Waals surface area contributed by atoms with E-state index in [1.165, 1.54) is 122 Å². The van der Waals surface area contributed by atoms with Crippen LogP contribution < -0.4 is 5.32 Å². The molecule has 0 aliphatic carbocycles. The molecule has 0 aliphatic rings. The van der Waals surface area contributed by atoms with Crippen molar-refractivity contribution >= 4 is 11.9 Å². The highest BCUT2D eigenvalue weighted by Gasteiger charge is 2.24. The van der Waals surface area contributed by atoms with E-state index in [4.69, 9.17) is 4.74 Å². The van der Waals surface area contributed by atoms with E-state index in [2.05, 4.69) is 86.8 Å². The summed E-state index contributed by atoms with van der Waals surface area (Å²) in [5.41, 5.74) is 0. The highest BCUT2D eigenvalue weighted by atomic mass is 16.5. The van der Waals surface area contributed by atoms with E-state index in [9.17, 15) is 19.8 Å². The third kappa shape index (κ3) is 44.0. The minimum Gasteiger partial charge on any atom is -0.462 e. The third-order valence-corrected chi connectivity index (χ3v) is 11.7. The van der Waals surface area contributed by atoms with Crippen LogP contribution in [-0.2, 0) is 14.3 Å². The number of rotatable bonds is 46. The Morgan fingerprint density at radius 3 is 1.38 bits per heavy atom. The Labute approximate surface area is 378 Å². The highest BCUT2D eigenvalue weighted by molar-refractivity contribution is 5.77. The van der Waals surface area contributed by atoms with Crippen LogP contribution in [0.5, 0.6) is 0 Å². The summed E-state index contributed by atoms with van der Waals surface area (Å²) in [5.74, 6) is -0.528. The first-order valence-electron chi connectivity index (χ1n) is 26.1. The minimum absolute atomic E-state index is 0.0461. The van der Waals surface area contributed by atoms with Gasteiger partial charge in [-0.3, -0.25) is 9.59 Å². The number of unbranched alkanes of at least 4 members (excludes halogenated alkanes) is 27. The summed E-state index contributed by atoms with van der Waals surface area (Å²) in [6.45, 7) is 6.42. The number of amides is 1. The van der Waals surface area contributed by atoms with Crippen molar-refractivity contribution in [3.63, 3.8) is 0 Å². The number of aliphatic hydroxyl groups excluding tert-OH is 2. The van der Waals surface area contributed by atoms with Crippen LogP contribution in [0.2, 0.25) is 0 Å². The molecule has 0 rings (SSSR count). The molecule has 3 atom stereocenters. The molecule has 1 amide bonds. The van der Waals surface area contributed by atoms with Crippen molar-refractivity contribution in [3.05, 3.63) is 60.8 Å². The van der Waals surface area contributed by atoms with Gasteiger partial charge in [0, 0.05) is 6.42 Å². The highest BCUT2D eigenvalue weighted by Crippen LogP contribution is 2.17. The Hall–Kier alpha value is -2.44. The maximum atomic E-state index is 13.2. The summed E-state index contributed by atoms with van der Waals surface area (Å²) in [6, 6.07) is -0.715. The predicted octanol–water partition coefficient (Wildman–Crippen LogP) is 15.6. The summed E-state index contributed by atoms with van der Waals surface area (Å²) >= 11 is 0. The molecule has 0 aromatic heterocycles. The Kier molecular flexibility index (Phi) is 46.6. The van der Waals surface area contributed by atoms with E-state index in [1.54, 1.807) is 0 Å². The van der Waals surface area contributed by atoms with E-state index in [-0.39, 0.29) is 24.9 Å². The van der Waals surface area contributed by atoms with E-state index in [0.29, 0.717) is 19.3 Å². The van der Waals surface area contributed by atoms with Crippen molar-refractivity contribution in [2.45, 2.75) is 270 Å². The molecule has 3 N–H and O–H groups in total. The number of allylic oxidation sites excluding steroid dienone is 10. The largest absolute Gasteiger partial charge is 0.462 e. The molecule has 0 fully saturated rings. The first-order chi connectivity index (χ1) is 30.0. The lowest BCUT2D eigenvalue weighted by molar-refractivity contribution is -0.151. The zero-order chi connectivity index (χ0) is 44.5. The molecule has 0 bridgehead atoms. The van der Waals surface area contributed by atoms with Crippen LogP contribution >= 0.6 is 0 Å². The van der Waals surface area contributed by atoms with Crippen LogP contribution in [0.15, 0.2) is 60.8 Å². The smallest absolute Gasteiger partial charge is 0.306 e. The average Bonchev–Trinajstić information content (AvgIpc) is 3.25. The summed E-state index contributed by atoms with van der Waals surface area (Å²) in [7, 11) is 0. The van der Waals surface area contributed by atoms with Gasteiger partial charge in [0.2, 0.25) is 5.91 Å². The van der Waals surface area contributed by atoms with Crippen LogP contribution in [0.25, 0.3) is 0 Å². The second-order valence-corrected chi connectivity index (χ2v) is 17.7. The van der Waals surface area contributed by atoms with E-state index >= 15 is 0 Å². The first-order valence-corrected chi connectivity index (χ1v) is 26.1. The van der Waals surface area contributed by atoms with Gasteiger partial charge in [0.15, 0.2) is 0 Å². The van der Waals surface area contributed by atoms with Gasteiger partial charge in [-0.25, -0.2) is 0 Å². The lowest BCUT2D eigenvalue weighted by Gasteiger charge is -2.24. The molecule has 61 heavy (non-hydrogen) atoms. The van der Waals surface area contributed by atoms with Crippen molar-refractivity contribution in [1.29, 1.82) is 0 Å². The number of carbonyl (C=O) groups is 2. The molecule has 0 aromatic carbocycles. The standard InChI is InChI=1S/C55H99NO5/c1-4-7-10-13-16-19-22-25-26-27-28-29-30-33-36-39-42-45-48-55(60)61-51(46-43-40-37-34-31-23-20-17-14-11-8-5-2)49-54(59)56-52(50-57)53(58)47-44-41-38-35-32-24-21-18-15-12-9-6-3/h16,19,22,25-29,34,37,51-53,57-58H,4-15,17-18,20-21,23-24,30-33,35-36,38-50H2,1-3H3,(H,56,59)/b19-16+,25-22+,27-26+,29-28+,37-34-. The third-order valence-electron chi connectivity index (χ3n) is 11.7. The summed E-state index contributed by atoms with van der Waals surface area (Å²) in [4.78, 5) is 26.1. The first kappa shape index (κ1) is 58.6. The van der Waals surface area contributed by atoms with Crippen molar-refractivity contribution in [3.8, 4) is 0 Å². The van der Waals surface area contributed by atoms with Crippen molar-refractivity contribution < 1.29 is 24.5 Å². The lowest BCUT2D eigenvalue weighted by Crippen LogP contribution is -2.46. The lowest BCUT2D eigenvalue weighted by atomic mass is 10.0. The SMILES string of the molecule is CCCCC/C=C/C=C/C=C/C=C/CCCCCCCC(=O)OC(CCC/C=C\CCCCCCCCC)CC(=O)NC(CO)C(O)CCCCCCCCCCCCCC. The van der Waals surface area contributed by atoms with Crippen LogP contribution in [0.1, 0.15) is 252 Å². The van der Waals surface area contributed by atoms with E-state index < -0.39 is 18.2 Å². The molecule has 0 aliphatic heterocycles. The number of carbonyl (C=O) groups excluding carboxylic acids is 2. The Morgan fingerprint density at radius 2 is 0.869 bits per heavy atom. The van der Waals surface area contributed by atoms with Gasteiger partial charge < -0.3 is 20.3 Å². The molecule has 6 nitrogen and oxygen atoms in total. The second-order valence-electron chi connectivity index (χ2n) is 17.7. The Balaban J connectivity index is 4.63. The van der Waals surface area contributed by atoms with Gasteiger partial charge in [-0.15, -0.1) is 0 Å². The van der Waals surface area contributed by atoms with Gasteiger partial charge in [0.25, 0.3) is 0 Å². The Morgan fingerprint density at radius 1 is 0.475 bits per heavy atom.